The van der Waals surface area contributed by atoms with Crippen molar-refractivity contribution in [1.29, 1.82) is 0 Å². The minimum absolute atomic E-state index is 0.0601. The number of pyridine rings is 1. The van der Waals surface area contributed by atoms with E-state index in [1.165, 1.54) is 35.9 Å². The summed E-state index contributed by atoms with van der Waals surface area (Å²) in [5, 5.41) is 0.681. The summed E-state index contributed by atoms with van der Waals surface area (Å²) in [6.07, 6.45) is 1.38. The minimum atomic E-state index is -3.31. The van der Waals surface area contributed by atoms with Crippen molar-refractivity contribution in [3.8, 4) is 10.4 Å². The van der Waals surface area contributed by atoms with Crippen molar-refractivity contribution in [1.82, 2.24) is 9.29 Å². The molecule has 0 radical (unpaired) electrons. The van der Waals surface area contributed by atoms with Crippen LogP contribution in [-0.4, -0.2) is 37.7 Å². The van der Waals surface area contributed by atoms with Gasteiger partial charge in [-0.2, -0.15) is 0 Å². The molecule has 0 aliphatic rings. The van der Waals surface area contributed by atoms with Crippen LogP contribution >= 0.6 is 11.3 Å². The first-order chi connectivity index (χ1) is 12.2. The smallest absolute Gasteiger partial charge is 0.251 e. The molecule has 0 atom stereocenters. The molecule has 2 aromatic heterocycles. The van der Waals surface area contributed by atoms with Gasteiger partial charge in [-0.05, 0) is 17.2 Å². The van der Waals surface area contributed by atoms with E-state index >= 15 is 0 Å². The van der Waals surface area contributed by atoms with E-state index in [0.717, 1.165) is 10.4 Å². The molecular formula is C17H18N4O3S2. The number of nitrogens with zero attached hydrogens (tertiary/aromatic N) is 2. The second-order valence-corrected chi connectivity index (χ2v) is 9.25. The Bertz CT molecular complexity index is 1090. The number of benzene rings is 1. The van der Waals surface area contributed by atoms with E-state index in [-0.39, 0.29) is 5.75 Å². The van der Waals surface area contributed by atoms with E-state index in [1.54, 1.807) is 12.1 Å². The molecule has 0 aliphatic carbocycles. The van der Waals surface area contributed by atoms with Crippen LogP contribution in [0.5, 0.6) is 0 Å². The predicted molar refractivity (Wildman–Crippen MR) is 104 cm³/mol. The fourth-order valence-corrected chi connectivity index (χ4v) is 4.53. The maximum atomic E-state index is 12.0. The van der Waals surface area contributed by atoms with E-state index in [9.17, 15) is 13.2 Å². The Morgan fingerprint density at radius 1 is 1.23 bits per heavy atom. The van der Waals surface area contributed by atoms with Gasteiger partial charge in [-0.1, -0.05) is 24.3 Å². The molecule has 0 saturated heterocycles. The fourth-order valence-electron chi connectivity index (χ4n) is 2.47. The number of nitrogen functional groups attached to an aromatic ring is 1. The number of aromatic nitrogens is 1. The van der Waals surface area contributed by atoms with Crippen LogP contribution in [0.25, 0.3) is 20.5 Å². The highest BCUT2D eigenvalue weighted by molar-refractivity contribution is 7.88. The van der Waals surface area contributed by atoms with Gasteiger partial charge >= 0.3 is 0 Å². The Labute approximate surface area is 155 Å². The van der Waals surface area contributed by atoms with Crippen molar-refractivity contribution in [2.24, 2.45) is 5.73 Å². The summed E-state index contributed by atoms with van der Waals surface area (Å²) in [4.78, 5) is 16.5. The van der Waals surface area contributed by atoms with Crippen LogP contribution in [0.2, 0.25) is 0 Å². The molecule has 2 heterocycles. The molecule has 1 aromatic carbocycles. The summed E-state index contributed by atoms with van der Waals surface area (Å²) >= 11 is 1.40. The molecule has 136 valence electrons. The molecule has 3 aromatic rings. The molecule has 26 heavy (non-hydrogen) atoms. The number of carbonyl (C=O) groups is 1. The van der Waals surface area contributed by atoms with E-state index < -0.39 is 15.9 Å². The lowest BCUT2D eigenvalue weighted by molar-refractivity contribution is 0.100. The summed E-state index contributed by atoms with van der Waals surface area (Å²) in [7, 11) is -0.291. The Morgan fingerprint density at radius 3 is 2.46 bits per heavy atom. The largest absolute Gasteiger partial charge is 0.383 e. The normalized spacial score (nSPS) is 12.0. The van der Waals surface area contributed by atoms with Gasteiger partial charge in [0.1, 0.15) is 5.82 Å². The number of fused-ring (bicyclic) bond motifs is 1. The molecule has 0 aliphatic heterocycles. The molecule has 4 N–H and O–H groups in total. The van der Waals surface area contributed by atoms with Gasteiger partial charge in [0.2, 0.25) is 10.0 Å². The number of sulfonamides is 1. The first-order valence-corrected chi connectivity index (χ1v) is 10.1. The molecule has 3 rings (SSSR count). The Balaban J connectivity index is 1.99. The molecule has 0 saturated carbocycles. The van der Waals surface area contributed by atoms with Crippen LogP contribution in [0.4, 0.5) is 5.82 Å². The van der Waals surface area contributed by atoms with Crippen LogP contribution < -0.4 is 11.5 Å². The monoisotopic (exact) mass is 390 g/mol. The van der Waals surface area contributed by atoms with Crippen molar-refractivity contribution < 1.29 is 13.2 Å². The summed E-state index contributed by atoms with van der Waals surface area (Å²) in [6.45, 7) is 0. The lowest BCUT2D eigenvalue weighted by Crippen LogP contribution is -2.23. The van der Waals surface area contributed by atoms with Gasteiger partial charge in [-0.3, -0.25) is 4.79 Å². The van der Waals surface area contributed by atoms with Crippen molar-refractivity contribution in [3.05, 3.63) is 47.7 Å². The maximum Gasteiger partial charge on any atom is 0.251 e. The van der Waals surface area contributed by atoms with Crippen molar-refractivity contribution in [2.45, 2.75) is 5.75 Å². The average Bonchev–Trinajstić information content (AvgIpc) is 3.01. The molecule has 0 unspecified atom stereocenters. The van der Waals surface area contributed by atoms with Gasteiger partial charge in [0.05, 0.1) is 16.0 Å². The number of primary amides is 1. The third-order valence-electron chi connectivity index (χ3n) is 3.99. The van der Waals surface area contributed by atoms with Gasteiger partial charge in [-0.15, -0.1) is 11.3 Å². The number of carbonyl (C=O) groups excluding carboxylic acids is 1. The molecular weight excluding hydrogens is 372 g/mol. The van der Waals surface area contributed by atoms with Gasteiger partial charge in [-0.25, -0.2) is 17.7 Å². The van der Waals surface area contributed by atoms with Crippen molar-refractivity contribution >= 4 is 43.2 Å². The molecule has 1 amide bonds. The van der Waals surface area contributed by atoms with Crippen LogP contribution in [0.1, 0.15) is 15.9 Å². The van der Waals surface area contributed by atoms with Gasteiger partial charge < -0.3 is 11.5 Å². The van der Waals surface area contributed by atoms with Gasteiger partial charge in [0, 0.05) is 30.6 Å². The highest BCUT2D eigenvalue weighted by atomic mass is 32.2. The zero-order chi connectivity index (χ0) is 19.1. The molecule has 0 bridgehead atoms. The first kappa shape index (κ1) is 18.3. The fraction of sp³-hybridized carbons (Fsp3) is 0.176. The second kappa shape index (κ2) is 6.67. The number of thiophene rings is 1. The highest BCUT2D eigenvalue weighted by Crippen LogP contribution is 2.37. The summed E-state index contributed by atoms with van der Waals surface area (Å²) in [6, 6.07) is 9.10. The van der Waals surface area contributed by atoms with E-state index in [2.05, 4.69) is 4.98 Å². The van der Waals surface area contributed by atoms with Crippen LogP contribution in [-0.2, 0) is 15.8 Å². The number of anilines is 1. The van der Waals surface area contributed by atoms with Crippen molar-refractivity contribution in [2.75, 3.05) is 19.8 Å². The average molecular weight is 390 g/mol. The zero-order valence-electron chi connectivity index (χ0n) is 14.3. The van der Waals surface area contributed by atoms with Crippen LogP contribution in [0.15, 0.2) is 36.5 Å². The SMILES string of the molecule is CN(C)S(=O)(=O)Cc1ccc(-c2cc3c(N)ncc(C(N)=O)c3s2)cc1. The van der Waals surface area contributed by atoms with Gasteiger partial charge in [0.25, 0.3) is 5.91 Å². The first-order valence-electron chi connectivity index (χ1n) is 7.66. The van der Waals surface area contributed by atoms with Crippen LogP contribution in [0.3, 0.4) is 0 Å². The molecule has 7 nitrogen and oxygen atoms in total. The Kier molecular flexibility index (Phi) is 4.70. The number of amides is 1. The summed E-state index contributed by atoms with van der Waals surface area (Å²) < 4.78 is 25.8. The van der Waals surface area contributed by atoms with E-state index in [4.69, 9.17) is 11.5 Å². The third kappa shape index (κ3) is 3.41. The summed E-state index contributed by atoms with van der Waals surface area (Å²) in [5.41, 5.74) is 13.2. The predicted octanol–water partition coefficient (Wildman–Crippen LogP) is 2.04. The number of rotatable bonds is 5. The number of hydrogen-bond acceptors (Lipinski definition) is 6. The van der Waals surface area contributed by atoms with E-state index in [1.807, 2.05) is 18.2 Å². The molecule has 9 heteroatoms. The van der Waals surface area contributed by atoms with Crippen molar-refractivity contribution in [3.63, 3.8) is 0 Å². The van der Waals surface area contributed by atoms with E-state index in [0.29, 0.717) is 27.0 Å². The standard InChI is InChI=1S/C17H18N4O3S2/c1-21(2)26(23,24)9-10-3-5-11(6-4-10)14-7-12-15(25-14)13(17(19)22)8-20-16(12)18/h3-8H,9H2,1-2H3,(H2,18,20)(H2,19,22). The Morgan fingerprint density at radius 2 is 1.88 bits per heavy atom. The second-order valence-electron chi connectivity index (χ2n) is 6.01. The highest BCUT2D eigenvalue weighted by Gasteiger charge is 2.16. The summed E-state index contributed by atoms with van der Waals surface area (Å²) in [5.74, 6) is -0.281. The quantitative estimate of drug-likeness (QED) is 0.691. The van der Waals surface area contributed by atoms with Crippen LogP contribution in [0, 0.1) is 0 Å². The minimum Gasteiger partial charge on any atom is -0.383 e. The zero-order valence-corrected chi connectivity index (χ0v) is 15.9. The third-order valence-corrected chi connectivity index (χ3v) is 7.02. The topological polar surface area (TPSA) is 119 Å². The molecule has 0 spiro atoms. The number of hydrogen-bond donors (Lipinski definition) is 2. The van der Waals surface area contributed by atoms with Gasteiger partial charge in [0.15, 0.2) is 0 Å². The molecule has 0 fully saturated rings. The lowest BCUT2D eigenvalue weighted by Gasteiger charge is -2.11. The lowest BCUT2D eigenvalue weighted by atomic mass is 10.1. The maximum absolute atomic E-state index is 12.0. The Hall–Kier alpha value is -2.49. The number of nitrogens with two attached hydrogens (primary N) is 2.